The van der Waals surface area contributed by atoms with Gasteiger partial charge < -0.3 is 15.2 Å². The van der Waals surface area contributed by atoms with Crippen LogP contribution in [0.4, 0.5) is 5.69 Å². The van der Waals surface area contributed by atoms with Crippen LogP contribution in [0, 0.1) is 6.92 Å². The molecule has 6 nitrogen and oxygen atoms in total. The Labute approximate surface area is 159 Å². The van der Waals surface area contributed by atoms with E-state index in [1.54, 1.807) is 0 Å². The molecule has 1 aromatic carbocycles. The van der Waals surface area contributed by atoms with Gasteiger partial charge >= 0.3 is 0 Å². The van der Waals surface area contributed by atoms with Crippen LogP contribution >= 0.6 is 0 Å². The molecule has 4 rings (SSSR count). The van der Waals surface area contributed by atoms with Gasteiger partial charge in [0.1, 0.15) is 0 Å². The second kappa shape index (κ2) is 7.18. The van der Waals surface area contributed by atoms with E-state index < -0.39 is 0 Å². The molecular formula is C21H26N4O2. The van der Waals surface area contributed by atoms with Gasteiger partial charge in [-0.05, 0) is 56.6 Å². The summed E-state index contributed by atoms with van der Waals surface area (Å²) in [6.45, 7) is 4.81. The van der Waals surface area contributed by atoms with Gasteiger partial charge in [0.15, 0.2) is 11.5 Å². The average Bonchev–Trinajstić information content (AvgIpc) is 3.40. The predicted molar refractivity (Wildman–Crippen MR) is 104 cm³/mol. The largest absolute Gasteiger partial charge is 0.347 e. The molecule has 2 aliphatic rings. The smallest absolute Gasteiger partial charge is 0.287 e. The molecule has 0 unspecified atom stereocenters. The first kappa shape index (κ1) is 17.8. The van der Waals surface area contributed by atoms with Crippen molar-refractivity contribution < 1.29 is 9.59 Å². The number of carbonyl (C=O) groups is 2. The van der Waals surface area contributed by atoms with Crippen LogP contribution in [0.5, 0.6) is 0 Å². The lowest BCUT2D eigenvalue weighted by molar-refractivity contribution is 0.0935. The van der Waals surface area contributed by atoms with Crippen LogP contribution in [0.25, 0.3) is 0 Å². The fraction of sp³-hybridized carbons (Fsp3) is 0.476. The zero-order valence-corrected chi connectivity index (χ0v) is 16.0. The van der Waals surface area contributed by atoms with Crippen molar-refractivity contribution in [3.63, 3.8) is 0 Å². The number of carbonyl (C=O) groups excluding carboxylic acids is 2. The molecule has 0 spiro atoms. The summed E-state index contributed by atoms with van der Waals surface area (Å²) in [5.41, 5.74) is 4.25. The van der Waals surface area contributed by atoms with E-state index in [0.29, 0.717) is 11.5 Å². The number of anilines is 1. The van der Waals surface area contributed by atoms with E-state index in [1.807, 2.05) is 29.7 Å². The Balaban J connectivity index is 1.66. The van der Waals surface area contributed by atoms with Crippen molar-refractivity contribution in [2.75, 3.05) is 5.32 Å². The van der Waals surface area contributed by atoms with Gasteiger partial charge in [-0.3, -0.25) is 9.59 Å². The quantitative estimate of drug-likeness (QED) is 0.853. The van der Waals surface area contributed by atoms with E-state index >= 15 is 0 Å². The van der Waals surface area contributed by atoms with E-state index in [-0.39, 0.29) is 17.9 Å². The summed E-state index contributed by atoms with van der Waals surface area (Å²) in [4.78, 5) is 30.1. The SMILES string of the molecule is CCc1cccc(C)c1NC(=O)c1nc(C(=O)NC2CC2)n2c1CCCC2. The fourth-order valence-corrected chi connectivity index (χ4v) is 3.75. The van der Waals surface area contributed by atoms with Gasteiger partial charge in [0, 0.05) is 18.3 Å². The molecule has 6 heteroatoms. The van der Waals surface area contributed by atoms with Crippen LogP contribution in [0.15, 0.2) is 18.2 Å². The summed E-state index contributed by atoms with van der Waals surface area (Å²) >= 11 is 0. The third-order valence-corrected chi connectivity index (χ3v) is 5.43. The molecule has 0 saturated heterocycles. The van der Waals surface area contributed by atoms with Crippen LogP contribution in [0.3, 0.4) is 0 Å². The highest BCUT2D eigenvalue weighted by molar-refractivity contribution is 6.05. The monoisotopic (exact) mass is 366 g/mol. The maximum Gasteiger partial charge on any atom is 0.287 e. The summed E-state index contributed by atoms with van der Waals surface area (Å²) in [5.74, 6) is -0.0118. The van der Waals surface area contributed by atoms with Gasteiger partial charge in [-0.1, -0.05) is 25.1 Å². The Morgan fingerprint density at radius 2 is 2.04 bits per heavy atom. The number of nitrogens with one attached hydrogen (secondary N) is 2. The lowest BCUT2D eigenvalue weighted by Gasteiger charge is -2.17. The Kier molecular flexibility index (Phi) is 4.72. The number of aromatic nitrogens is 2. The van der Waals surface area contributed by atoms with Crippen molar-refractivity contribution in [2.24, 2.45) is 0 Å². The average molecular weight is 366 g/mol. The molecule has 0 radical (unpaired) electrons. The summed E-state index contributed by atoms with van der Waals surface area (Å²) in [7, 11) is 0. The zero-order chi connectivity index (χ0) is 19.0. The van der Waals surface area contributed by atoms with E-state index in [4.69, 9.17) is 0 Å². The molecule has 1 aliphatic heterocycles. The van der Waals surface area contributed by atoms with Gasteiger partial charge in [-0.15, -0.1) is 0 Å². The van der Waals surface area contributed by atoms with Crippen molar-refractivity contribution in [1.82, 2.24) is 14.9 Å². The van der Waals surface area contributed by atoms with E-state index in [1.165, 1.54) is 0 Å². The topological polar surface area (TPSA) is 76.0 Å². The van der Waals surface area contributed by atoms with Crippen molar-refractivity contribution in [2.45, 2.75) is 65.0 Å². The van der Waals surface area contributed by atoms with Gasteiger partial charge in [-0.25, -0.2) is 4.98 Å². The number of aryl methyl sites for hydroxylation is 2. The Hall–Kier alpha value is -2.63. The van der Waals surface area contributed by atoms with Gasteiger partial charge in [0.2, 0.25) is 0 Å². The molecule has 2 N–H and O–H groups in total. The van der Waals surface area contributed by atoms with Gasteiger partial charge in [-0.2, -0.15) is 0 Å². The van der Waals surface area contributed by atoms with Gasteiger partial charge in [0.25, 0.3) is 11.8 Å². The number of benzene rings is 1. The van der Waals surface area contributed by atoms with Crippen molar-refractivity contribution in [3.8, 4) is 0 Å². The minimum Gasteiger partial charge on any atom is -0.347 e. The standard InChI is InChI=1S/C21H26N4O2/c1-3-14-8-6-7-13(2)17(14)24-20(26)18-16-9-4-5-12-25(16)19(23-18)21(27)22-15-10-11-15/h6-8,15H,3-5,9-12H2,1-2H3,(H,22,27)(H,24,26). The number of fused-ring (bicyclic) bond motifs is 1. The predicted octanol–water partition coefficient (Wildman–Crippen LogP) is 3.23. The van der Waals surface area contributed by atoms with E-state index in [9.17, 15) is 9.59 Å². The van der Waals surface area contributed by atoms with Crippen molar-refractivity contribution >= 4 is 17.5 Å². The number of imidazole rings is 1. The second-order valence-electron chi connectivity index (χ2n) is 7.50. The van der Waals surface area contributed by atoms with Crippen LogP contribution in [-0.4, -0.2) is 27.4 Å². The van der Waals surface area contributed by atoms with Crippen LogP contribution < -0.4 is 10.6 Å². The Morgan fingerprint density at radius 3 is 2.78 bits per heavy atom. The van der Waals surface area contributed by atoms with Crippen LogP contribution in [-0.2, 0) is 19.4 Å². The summed E-state index contributed by atoms with van der Waals surface area (Å²) in [6.07, 6.45) is 5.69. The minimum absolute atomic E-state index is 0.162. The maximum atomic E-state index is 13.1. The number of nitrogens with zero attached hydrogens (tertiary/aromatic N) is 2. The van der Waals surface area contributed by atoms with Crippen molar-refractivity contribution in [1.29, 1.82) is 0 Å². The highest BCUT2D eigenvalue weighted by atomic mass is 16.2. The molecule has 1 saturated carbocycles. The maximum absolute atomic E-state index is 13.1. The first-order valence-electron chi connectivity index (χ1n) is 9.88. The highest BCUT2D eigenvalue weighted by Gasteiger charge is 2.31. The Bertz CT molecular complexity index is 896. The molecule has 1 fully saturated rings. The number of hydrogen-bond donors (Lipinski definition) is 2. The molecule has 2 heterocycles. The molecule has 0 bridgehead atoms. The molecule has 0 atom stereocenters. The van der Waals surface area contributed by atoms with Crippen LogP contribution in [0.1, 0.15) is 70.5 Å². The summed E-state index contributed by atoms with van der Waals surface area (Å²) in [5, 5.41) is 6.05. The fourth-order valence-electron chi connectivity index (χ4n) is 3.75. The summed E-state index contributed by atoms with van der Waals surface area (Å²) in [6, 6.07) is 6.29. The van der Waals surface area contributed by atoms with Gasteiger partial charge in [0.05, 0.1) is 5.69 Å². The molecule has 27 heavy (non-hydrogen) atoms. The van der Waals surface area contributed by atoms with E-state index in [0.717, 1.165) is 67.6 Å². The number of hydrogen-bond acceptors (Lipinski definition) is 3. The Morgan fingerprint density at radius 1 is 1.22 bits per heavy atom. The van der Waals surface area contributed by atoms with Crippen molar-refractivity contribution in [3.05, 3.63) is 46.5 Å². The zero-order valence-electron chi connectivity index (χ0n) is 16.0. The third-order valence-electron chi connectivity index (χ3n) is 5.43. The molecule has 2 amide bonds. The van der Waals surface area contributed by atoms with Crippen LogP contribution in [0.2, 0.25) is 0 Å². The molecule has 1 aromatic heterocycles. The summed E-state index contributed by atoms with van der Waals surface area (Å²) < 4.78 is 1.94. The lowest BCUT2D eigenvalue weighted by Crippen LogP contribution is -2.29. The minimum atomic E-state index is -0.227. The molecule has 142 valence electrons. The third kappa shape index (κ3) is 3.48. The molecule has 1 aliphatic carbocycles. The number of rotatable bonds is 5. The number of para-hydroxylation sites is 1. The first-order chi connectivity index (χ1) is 13.1. The van der Waals surface area contributed by atoms with E-state index in [2.05, 4.69) is 22.5 Å². The second-order valence-corrected chi connectivity index (χ2v) is 7.50. The first-order valence-corrected chi connectivity index (χ1v) is 9.88. The lowest BCUT2D eigenvalue weighted by atomic mass is 10.0. The number of amides is 2. The highest BCUT2D eigenvalue weighted by Crippen LogP contribution is 2.26. The molecule has 2 aromatic rings. The normalized spacial score (nSPS) is 15.9. The molecular weight excluding hydrogens is 340 g/mol.